The lowest BCUT2D eigenvalue weighted by Gasteiger charge is -2.15. The van der Waals surface area contributed by atoms with Crippen LogP contribution in [0.25, 0.3) is 22.0 Å². The van der Waals surface area contributed by atoms with Crippen LogP contribution in [-0.4, -0.2) is 29.1 Å². The quantitative estimate of drug-likeness (QED) is 0.398. The highest BCUT2D eigenvalue weighted by Crippen LogP contribution is 2.30. The predicted molar refractivity (Wildman–Crippen MR) is 122 cm³/mol. The molecule has 2 nitrogen and oxygen atoms in total. The minimum atomic E-state index is 0.974. The Bertz CT molecular complexity index is 1090. The molecule has 0 N–H and O–H groups in total. The summed E-state index contributed by atoms with van der Waals surface area (Å²) in [6.07, 6.45) is 5.95. The number of hydrogen-bond acceptors (Lipinski definition) is 1. The van der Waals surface area contributed by atoms with Crippen molar-refractivity contribution in [3.8, 4) is 11.1 Å². The minimum absolute atomic E-state index is 0.974. The SMILES string of the molecule is c1ccc(Cc2cccc(-c3cccc4c3ccn4CCN3CCCC3)c2)cc1. The van der Waals surface area contributed by atoms with Gasteiger partial charge in [0.25, 0.3) is 0 Å². The zero-order chi connectivity index (χ0) is 19.5. The molecule has 146 valence electrons. The van der Waals surface area contributed by atoms with Crippen LogP contribution in [0.5, 0.6) is 0 Å². The molecule has 4 aromatic rings. The first-order valence-electron chi connectivity index (χ1n) is 10.8. The van der Waals surface area contributed by atoms with E-state index in [1.54, 1.807) is 0 Å². The second-order valence-corrected chi connectivity index (χ2v) is 8.16. The first-order chi connectivity index (χ1) is 14.4. The molecule has 0 aliphatic carbocycles. The normalized spacial score (nSPS) is 14.6. The van der Waals surface area contributed by atoms with Gasteiger partial charge < -0.3 is 9.47 Å². The molecule has 1 aliphatic rings. The molecular weight excluding hydrogens is 352 g/mol. The Morgan fingerprint density at radius 1 is 0.690 bits per heavy atom. The van der Waals surface area contributed by atoms with Crippen molar-refractivity contribution in [1.29, 1.82) is 0 Å². The molecule has 0 bridgehead atoms. The van der Waals surface area contributed by atoms with E-state index in [1.807, 2.05) is 0 Å². The number of nitrogens with zero attached hydrogens (tertiary/aromatic N) is 2. The number of aromatic nitrogens is 1. The zero-order valence-electron chi connectivity index (χ0n) is 16.9. The Kier molecular flexibility index (Phi) is 5.19. The van der Waals surface area contributed by atoms with Gasteiger partial charge in [0.15, 0.2) is 0 Å². The summed E-state index contributed by atoms with van der Waals surface area (Å²) in [5, 5.41) is 1.35. The number of rotatable bonds is 6. The molecule has 0 atom stereocenters. The maximum absolute atomic E-state index is 2.59. The zero-order valence-corrected chi connectivity index (χ0v) is 16.9. The van der Waals surface area contributed by atoms with E-state index in [0.717, 1.165) is 19.5 Å². The van der Waals surface area contributed by atoms with Gasteiger partial charge in [0.2, 0.25) is 0 Å². The number of likely N-dealkylation sites (tertiary alicyclic amines) is 1. The van der Waals surface area contributed by atoms with E-state index in [2.05, 4.69) is 94.5 Å². The molecule has 1 saturated heterocycles. The van der Waals surface area contributed by atoms with Crippen LogP contribution in [-0.2, 0) is 13.0 Å². The van der Waals surface area contributed by atoms with Crippen molar-refractivity contribution in [1.82, 2.24) is 9.47 Å². The van der Waals surface area contributed by atoms with E-state index in [4.69, 9.17) is 0 Å². The molecule has 0 amide bonds. The van der Waals surface area contributed by atoms with Gasteiger partial charge in [-0.25, -0.2) is 0 Å². The predicted octanol–water partition coefficient (Wildman–Crippen LogP) is 5.99. The van der Waals surface area contributed by atoms with Gasteiger partial charge >= 0.3 is 0 Å². The van der Waals surface area contributed by atoms with Crippen molar-refractivity contribution in [3.05, 3.63) is 96.2 Å². The van der Waals surface area contributed by atoms with E-state index in [1.165, 1.54) is 59.1 Å². The smallest absolute Gasteiger partial charge is 0.0486 e. The lowest BCUT2D eigenvalue weighted by atomic mass is 9.97. The summed E-state index contributed by atoms with van der Waals surface area (Å²) in [6, 6.07) is 28.7. The maximum atomic E-state index is 2.59. The van der Waals surface area contributed by atoms with Crippen molar-refractivity contribution in [2.45, 2.75) is 25.8 Å². The topological polar surface area (TPSA) is 8.17 Å². The Balaban J connectivity index is 1.42. The van der Waals surface area contributed by atoms with Crippen LogP contribution in [0.4, 0.5) is 0 Å². The Morgan fingerprint density at radius 2 is 1.48 bits per heavy atom. The van der Waals surface area contributed by atoms with Crippen molar-refractivity contribution >= 4 is 10.9 Å². The van der Waals surface area contributed by atoms with E-state index in [9.17, 15) is 0 Å². The third-order valence-electron chi connectivity index (χ3n) is 6.16. The van der Waals surface area contributed by atoms with Crippen molar-refractivity contribution in [2.75, 3.05) is 19.6 Å². The first kappa shape index (κ1) is 18.2. The van der Waals surface area contributed by atoms with E-state index in [0.29, 0.717) is 0 Å². The third kappa shape index (κ3) is 3.99. The van der Waals surface area contributed by atoms with Crippen LogP contribution in [0.2, 0.25) is 0 Å². The third-order valence-corrected chi connectivity index (χ3v) is 6.16. The van der Waals surface area contributed by atoms with Crippen molar-refractivity contribution < 1.29 is 0 Å². The molecular formula is C27H28N2. The summed E-state index contributed by atoms with van der Waals surface area (Å²) in [5.41, 5.74) is 6.70. The van der Waals surface area contributed by atoms with Gasteiger partial charge in [0.05, 0.1) is 0 Å². The van der Waals surface area contributed by atoms with Gasteiger partial charge in [-0.3, -0.25) is 0 Å². The fraction of sp³-hybridized carbons (Fsp3) is 0.259. The van der Waals surface area contributed by atoms with Crippen LogP contribution in [0.15, 0.2) is 85.1 Å². The standard InChI is InChI=1S/C27H28N2/c1-2-8-22(9-3-1)20-23-10-6-11-24(21-23)25-12-7-13-27-26(25)14-17-29(27)19-18-28-15-4-5-16-28/h1-3,6-14,17,21H,4-5,15-16,18-20H2. The summed E-state index contributed by atoms with van der Waals surface area (Å²) in [6.45, 7) is 4.75. The highest BCUT2D eigenvalue weighted by Gasteiger charge is 2.12. The molecule has 1 aliphatic heterocycles. The number of fused-ring (bicyclic) bond motifs is 1. The number of benzene rings is 3. The molecule has 3 aromatic carbocycles. The Morgan fingerprint density at radius 3 is 2.34 bits per heavy atom. The fourth-order valence-corrected chi connectivity index (χ4v) is 4.61. The van der Waals surface area contributed by atoms with E-state index in [-0.39, 0.29) is 0 Å². The lowest BCUT2D eigenvalue weighted by Crippen LogP contribution is -2.23. The summed E-state index contributed by atoms with van der Waals surface area (Å²) in [5.74, 6) is 0. The van der Waals surface area contributed by atoms with Gasteiger partial charge in [-0.2, -0.15) is 0 Å². The molecule has 0 saturated carbocycles. The molecule has 29 heavy (non-hydrogen) atoms. The average Bonchev–Trinajstić information content (AvgIpc) is 3.43. The van der Waals surface area contributed by atoms with E-state index >= 15 is 0 Å². The van der Waals surface area contributed by atoms with Crippen LogP contribution in [0.3, 0.4) is 0 Å². The Labute approximate surface area is 173 Å². The maximum Gasteiger partial charge on any atom is 0.0486 e. The largest absolute Gasteiger partial charge is 0.346 e. The van der Waals surface area contributed by atoms with Crippen LogP contribution < -0.4 is 0 Å². The highest BCUT2D eigenvalue weighted by atomic mass is 15.2. The van der Waals surface area contributed by atoms with E-state index < -0.39 is 0 Å². The lowest BCUT2D eigenvalue weighted by molar-refractivity contribution is 0.324. The van der Waals surface area contributed by atoms with Crippen molar-refractivity contribution in [2.24, 2.45) is 0 Å². The molecule has 0 unspecified atom stereocenters. The molecule has 0 radical (unpaired) electrons. The summed E-state index contributed by atoms with van der Waals surface area (Å²) >= 11 is 0. The second-order valence-electron chi connectivity index (χ2n) is 8.16. The highest BCUT2D eigenvalue weighted by molar-refractivity contribution is 5.95. The summed E-state index contributed by atoms with van der Waals surface area (Å²) in [7, 11) is 0. The summed E-state index contributed by atoms with van der Waals surface area (Å²) in [4.78, 5) is 2.59. The molecule has 1 aromatic heterocycles. The van der Waals surface area contributed by atoms with Crippen LogP contribution >= 0.6 is 0 Å². The monoisotopic (exact) mass is 380 g/mol. The van der Waals surface area contributed by atoms with Crippen LogP contribution in [0, 0.1) is 0 Å². The average molecular weight is 381 g/mol. The molecule has 1 fully saturated rings. The fourth-order valence-electron chi connectivity index (χ4n) is 4.61. The minimum Gasteiger partial charge on any atom is -0.346 e. The Hall–Kier alpha value is -2.84. The van der Waals surface area contributed by atoms with Crippen molar-refractivity contribution in [3.63, 3.8) is 0 Å². The van der Waals surface area contributed by atoms with Gasteiger partial charge in [-0.1, -0.05) is 66.7 Å². The van der Waals surface area contributed by atoms with Crippen LogP contribution in [0.1, 0.15) is 24.0 Å². The molecule has 2 heteroatoms. The molecule has 5 rings (SSSR count). The van der Waals surface area contributed by atoms with Gasteiger partial charge in [0.1, 0.15) is 0 Å². The molecule has 2 heterocycles. The van der Waals surface area contributed by atoms with Gasteiger partial charge in [-0.05, 0) is 66.7 Å². The van der Waals surface area contributed by atoms with Gasteiger partial charge in [-0.15, -0.1) is 0 Å². The van der Waals surface area contributed by atoms with Gasteiger partial charge in [0, 0.05) is 30.2 Å². The summed E-state index contributed by atoms with van der Waals surface area (Å²) < 4.78 is 2.42. The number of hydrogen-bond donors (Lipinski definition) is 0. The molecule has 0 spiro atoms. The second kappa shape index (κ2) is 8.26. The first-order valence-corrected chi connectivity index (χ1v) is 10.8.